The molecule has 2 heterocycles. The van der Waals surface area contributed by atoms with Crippen molar-refractivity contribution in [1.29, 1.82) is 0 Å². The molecule has 3 aromatic rings. The second kappa shape index (κ2) is 8.28. The van der Waals surface area contributed by atoms with Crippen molar-refractivity contribution in [3.63, 3.8) is 0 Å². The van der Waals surface area contributed by atoms with Gasteiger partial charge in [0.25, 0.3) is 5.91 Å². The normalized spacial score (nSPS) is 19.5. The number of para-hydroxylation sites is 1. The Morgan fingerprint density at radius 2 is 1.58 bits per heavy atom. The van der Waals surface area contributed by atoms with Gasteiger partial charge in [-0.05, 0) is 66.4 Å². The lowest BCUT2D eigenvalue weighted by atomic mass is 10.3. The average molecular weight is 484 g/mol. The Hall–Kier alpha value is -2.38. The zero-order chi connectivity index (χ0) is 21.5. The van der Waals surface area contributed by atoms with Gasteiger partial charge < -0.3 is 4.90 Å². The average Bonchev–Trinajstić information content (AvgIpc) is 3.26. The minimum absolute atomic E-state index is 0.0998. The maximum absolute atomic E-state index is 13.6. The third-order valence-corrected chi connectivity index (χ3v) is 7.72. The molecule has 1 saturated heterocycles. The van der Waals surface area contributed by atoms with Gasteiger partial charge >= 0.3 is 0 Å². The lowest BCUT2D eigenvalue weighted by Gasteiger charge is -2.16. The second-order valence-electron chi connectivity index (χ2n) is 6.86. The van der Waals surface area contributed by atoms with Crippen molar-refractivity contribution in [2.75, 3.05) is 16.8 Å². The van der Waals surface area contributed by atoms with E-state index in [4.69, 9.17) is 28.2 Å². The van der Waals surface area contributed by atoms with Crippen LogP contribution in [0.15, 0.2) is 92.6 Å². The van der Waals surface area contributed by atoms with Gasteiger partial charge in [-0.2, -0.15) is 0 Å². The molecule has 0 atom stereocenters. The first-order valence-electron chi connectivity index (χ1n) is 9.38. The molecule has 1 fully saturated rings. The number of halogens is 2. The quantitative estimate of drug-likeness (QED) is 0.361. The molecule has 154 valence electrons. The van der Waals surface area contributed by atoms with E-state index >= 15 is 0 Å². The highest BCUT2D eigenvalue weighted by Gasteiger charge is 2.40. The topological polar surface area (TPSA) is 35.9 Å². The second-order valence-corrected chi connectivity index (χ2v) is 9.74. The van der Waals surface area contributed by atoms with Crippen molar-refractivity contribution in [2.45, 2.75) is 4.90 Å². The van der Waals surface area contributed by atoms with E-state index in [1.54, 1.807) is 28.8 Å². The maximum Gasteiger partial charge on any atom is 0.274 e. The van der Waals surface area contributed by atoms with E-state index in [0.29, 0.717) is 20.1 Å². The molecule has 4 nitrogen and oxygen atoms in total. The molecule has 8 heteroatoms. The Kier molecular flexibility index (Phi) is 5.48. The number of hydrogen-bond acceptors (Lipinski definition) is 5. The van der Waals surface area contributed by atoms with E-state index in [2.05, 4.69) is 0 Å². The van der Waals surface area contributed by atoms with E-state index in [9.17, 15) is 4.79 Å². The van der Waals surface area contributed by atoms with E-state index in [1.165, 1.54) is 11.8 Å². The van der Waals surface area contributed by atoms with Crippen LogP contribution >= 0.6 is 46.7 Å². The molecule has 1 amide bonds. The smallest absolute Gasteiger partial charge is 0.274 e. The van der Waals surface area contributed by atoms with Gasteiger partial charge in [-0.15, -0.1) is 0 Å². The van der Waals surface area contributed by atoms with Crippen LogP contribution in [0.3, 0.4) is 0 Å². The standard InChI is InChI=1S/C23H15Cl2N3OS2/c1-27-18-13-15(25)9-12-19(18)30-22(27)20-21(29)28(17-5-3-2-4-6-17)23(31-20)26-16-10-7-14(24)8-11-16/h2-13H,1H3/b22-20-,26-23?. The molecule has 0 radical (unpaired) electrons. The Balaban J connectivity index is 1.60. The Morgan fingerprint density at radius 1 is 0.871 bits per heavy atom. The lowest BCUT2D eigenvalue weighted by Crippen LogP contribution is -2.29. The predicted molar refractivity (Wildman–Crippen MR) is 133 cm³/mol. The highest BCUT2D eigenvalue weighted by atomic mass is 35.5. The Bertz CT molecular complexity index is 1240. The first kappa shape index (κ1) is 20.5. The van der Waals surface area contributed by atoms with Crippen molar-refractivity contribution < 1.29 is 4.79 Å². The molecule has 0 aromatic heterocycles. The summed E-state index contributed by atoms with van der Waals surface area (Å²) >= 11 is 15.1. The van der Waals surface area contributed by atoms with Gasteiger partial charge in [-0.25, -0.2) is 4.99 Å². The number of nitrogens with zero attached hydrogens (tertiary/aromatic N) is 3. The van der Waals surface area contributed by atoms with Crippen LogP contribution in [0.4, 0.5) is 17.1 Å². The van der Waals surface area contributed by atoms with Gasteiger partial charge in [0.05, 0.1) is 22.1 Å². The monoisotopic (exact) mass is 483 g/mol. The number of amides is 1. The fourth-order valence-corrected chi connectivity index (χ4v) is 5.95. The van der Waals surface area contributed by atoms with Crippen LogP contribution in [-0.4, -0.2) is 18.1 Å². The molecule has 2 aliphatic rings. The number of anilines is 2. The molecule has 0 aliphatic carbocycles. The van der Waals surface area contributed by atoms with Crippen LogP contribution in [0.2, 0.25) is 10.0 Å². The molecular formula is C23H15Cl2N3OS2. The molecule has 3 aromatic carbocycles. The summed E-state index contributed by atoms with van der Waals surface area (Å²) in [6, 6.07) is 22.6. The summed E-state index contributed by atoms with van der Waals surface area (Å²) in [5.74, 6) is -0.0998. The molecule has 0 N–H and O–H groups in total. The molecule has 0 saturated carbocycles. The van der Waals surface area contributed by atoms with Crippen molar-refractivity contribution >= 4 is 74.9 Å². The number of fused-ring (bicyclic) bond motifs is 1. The highest BCUT2D eigenvalue weighted by molar-refractivity contribution is 8.20. The van der Waals surface area contributed by atoms with Crippen molar-refractivity contribution in [3.8, 4) is 0 Å². The van der Waals surface area contributed by atoms with Gasteiger partial charge in [0, 0.05) is 22.0 Å². The highest BCUT2D eigenvalue weighted by Crippen LogP contribution is 2.51. The number of rotatable bonds is 2. The van der Waals surface area contributed by atoms with E-state index in [1.807, 2.05) is 72.6 Å². The summed E-state index contributed by atoms with van der Waals surface area (Å²) in [6.45, 7) is 0. The van der Waals surface area contributed by atoms with Crippen LogP contribution < -0.4 is 9.80 Å². The molecule has 2 aliphatic heterocycles. The SMILES string of the molecule is CN1/C(=C2/SC(=Nc3ccc(Cl)cc3)N(c3ccccc3)C2=O)Sc2ccc(Cl)cc21. The Labute approximate surface area is 198 Å². The van der Waals surface area contributed by atoms with Gasteiger partial charge in [-0.1, -0.05) is 53.2 Å². The van der Waals surface area contributed by atoms with E-state index < -0.39 is 0 Å². The predicted octanol–water partition coefficient (Wildman–Crippen LogP) is 7.17. The molecule has 5 rings (SSSR count). The van der Waals surface area contributed by atoms with Crippen LogP contribution in [0.25, 0.3) is 0 Å². The number of hydrogen-bond donors (Lipinski definition) is 0. The van der Waals surface area contributed by atoms with Gasteiger partial charge in [0.1, 0.15) is 4.91 Å². The summed E-state index contributed by atoms with van der Waals surface area (Å²) in [5, 5.41) is 2.78. The molecule has 31 heavy (non-hydrogen) atoms. The van der Waals surface area contributed by atoms with Crippen LogP contribution in [-0.2, 0) is 4.79 Å². The number of carbonyl (C=O) groups is 1. The van der Waals surface area contributed by atoms with Crippen molar-refractivity contribution in [1.82, 2.24) is 0 Å². The molecular weight excluding hydrogens is 469 g/mol. The number of aliphatic imine (C=N–C) groups is 1. The van der Waals surface area contributed by atoms with Crippen LogP contribution in [0.1, 0.15) is 0 Å². The van der Waals surface area contributed by atoms with Crippen LogP contribution in [0, 0.1) is 0 Å². The van der Waals surface area contributed by atoms with E-state index in [0.717, 1.165) is 27.0 Å². The van der Waals surface area contributed by atoms with Crippen molar-refractivity contribution in [3.05, 3.63) is 92.8 Å². The first-order valence-corrected chi connectivity index (χ1v) is 11.8. The number of benzene rings is 3. The largest absolute Gasteiger partial charge is 0.337 e. The minimum Gasteiger partial charge on any atom is -0.337 e. The number of thioether (sulfide) groups is 2. The minimum atomic E-state index is -0.0998. The summed E-state index contributed by atoms with van der Waals surface area (Å²) in [6.07, 6.45) is 0. The van der Waals surface area contributed by atoms with E-state index in [-0.39, 0.29) is 5.91 Å². The fraction of sp³-hybridized carbons (Fsp3) is 0.0435. The maximum atomic E-state index is 13.6. The molecule has 0 unspecified atom stereocenters. The summed E-state index contributed by atoms with van der Waals surface area (Å²) in [4.78, 5) is 23.7. The van der Waals surface area contributed by atoms with Crippen molar-refractivity contribution in [2.24, 2.45) is 4.99 Å². The zero-order valence-electron chi connectivity index (χ0n) is 16.3. The van der Waals surface area contributed by atoms with Crippen LogP contribution in [0.5, 0.6) is 0 Å². The third kappa shape index (κ3) is 3.85. The van der Waals surface area contributed by atoms with Gasteiger partial charge in [0.2, 0.25) is 0 Å². The zero-order valence-corrected chi connectivity index (χ0v) is 19.4. The number of carbonyl (C=O) groups excluding carboxylic acids is 1. The lowest BCUT2D eigenvalue weighted by molar-refractivity contribution is -0.113. The summed E-state index contributed by atoms with van der Waals surface area (Å²) in [5.41, 5.74) is 2.49. The summed E-state index contributed by atoms with van der Waals surface area (Å²) < 4.78 is 0. The Morgan fingerprint density at radius 3 is 2.32 bits per heavy atom. The number of amidine groups is 1. The fourth-order valence-electron chi connectivity index (χ4n) is 3.33. The summed E-state index contributed by atoms with van der Waals surface area (Å²) in [7, 11) is 1.95. The molecule has 0 spiro atoms. The van der Waals surface area contributed by atoms with Gasteiger partial charge in [0.15, 0.2) is 5.17 Å². The van der Waals surface area contributed by atoms with Gasteiger partial charge in [-0.3, -0.25) is 9.69 Å². The first-order chi connectivity index (χ1) is 15.0. The third-order valence-electron chi connectivity index (χ3n) is 4.84. The molecule has 0 bridgehead atoms.